The molecule has 4 nitrogen and oxygen atoms in total. The molecule has 1 saturated heterocycles. The monoisotopic (exact) mass is 242 g/mol. The Morgan fingerprint density at radius 3 is 2.69 bits per heavy atom. The van der Waals surface area contributed by atoms with E-state index in [0.717, 1.165) is 19.3 Å². The lowest BCUT2D eigenvalue weighted by Crippen LogP contribution is -2.57. The van der Waals surface area contributed by atoms with Gasteiger partial charge in [-0.3, -0.25) is 4.79 Å². The van der Waals surface area contributed by atoms with Gasteiger partial charge >= 0.3 is 0 Å². The molecule has 1 amide bonds. The van der Waals surface area contributed by atoms with Gasteiger partial charge in [0.05, 0.1) is 23.1 Å². The predicted molar refractivity (Wildman–Crippen MR) is 65.1 cm³/mol. The van der Waals surface area contributed by atoms with Crippen LogP contribution in [0.2, 0.25) is 0 Å². The van der Waals surface area contributed by atoms with Gasteiger partial charge in [-0.1, -0.05) is 18.6 Å². The molecule has 1 aliphatic carbocycles. The fourth-order valence-corrected chi connectivity index (χ4v) is 2.69. The summed E-state index contributed by atoms with van der Waals surface area (Å²) in [5.41, 5.74) is 5.19. The van der Waals surface area contributed by atoms with Crippen molar-refractivity contribution < 1.29 is 9.53 Å². The summed E-state index contributed by atoms with van der Waals surface area (Å²) in [6, 6.07) is 0. The fourth-order valence-electron chi connectivity index (χ4n) is 2.40. The van der Waals surface area contributed by atoms with Crippen molar-refractivity contribution in [2.75, 3.05) is 19.7 Å². The van der Waals surface area contributed by atoms with E-state index in [2.05, 4.69) is 0 Å². The zero-order valence-electron chi connectivity index (χ0n) is 9.57. The molecule has 0 spiro atoms. The number of thiocarbonyl (C=S) groups is 1. The summed E-state index contributed by atoms with van der Waals surface area (Å²) >= 11 is 5.05. The predicted octanol–water partition coefficient (Wildman–Crippen LogP) is 0.690. The second-order valence-corrected chi connectivity index (χ2v) is 5.17. The molecule has 0 aromatic carbocycles. The van der Waals surface area contributed by atoms with E-state index < -0.39 is 5.41 Å². The van der Waals surface area contributed by atoms with Crippen LogP contribution >= 0.6 is 12.2 Å². The van der Waals surface area contributed by atoms with E-state index in [0.29, 0.717) is 24.7 Å². The van der Waals surface area contributed by atoms with Gasteiger partial charge < -0.3 is 15.4 Å². The smallest absolute Gasteiger partial charge is 0.235 e. The number of nitrogens with zero attached hydrogens (tertiary/aromatic N) is 1. The van der Waals surface area contributed by atoms with Crippen LogP contribution in [0.25, 0.3) is 0 Å². The third-order valence-corrected chi connectivity index (χ3v) is 4.01. The molecular formula is C11H18N2O2S. The quantitative estimate of drug-likeness (QED) is 0.724. The lowest BCUT2D eigenvalue weighted by molar-refractivity contribution is -0.148. The maximum atomic E-state index is 12.4. The van der Waals surface area contributed by atoms with Gasteiger partial charge in [-0.15, -0.1) is 0 Å². The number of hydrogen-bond donors (Lipinski definition) is 1. The van der Waals surface area contributed by atoms with E-state index in [1.54, 1.807) is 0 Å². The summed E-state index contributed by atoms with van der Waals surface area (Å²) in [6.07, 6.45) is 2.78. The highest BCUT2D eigenvalue weighted by atomic mass is 32.1. The molecule has 1 saturated carbocycles. The van der Waals surface area contributed by atoms with E-state index in [9.17, 15) is 4.79 Å². The van der Waals surface area contributed by atoms with Crippen LogP contribution in [0.1, 0.15) is 26.2 Å². The van der Waals surface area contributed by atoms with Crippen molar-refractivity contribution in [3.05, 3.63) is 0 Å². The van der Waals surface area contributed by atoms with Crippen LogP contribution < -0.4 is 5.73 Å². The first-order valence-corrected chi connectivity index (χ1v) is 6.18. The van der Waals surface area contributed by atoms with Crippen molar-refractivity contribution in [3.8, 4) is 0 Å². The van der Waals surface area contributed by atoms with E-state index in [1.807, 2.05) is 11.8 Å². The fraction of sp³-hybridized carbons (Fsp3) is 0.818. The minimum atomic E-state index is -0.535. The molecule has 0 aromatic heterocycles. The van der Waals surface area contributed by atoms with Gasteiger partial charge in [-0.25, -0.2) is 0 Å². The normalized spacial score (nSPS) is 28.3. The van der Waals surface area contributed by atoms with Crippen LogP contribution in [-0.4, -0.2) is 41.6 Å². The Hall–Kier alpha value is -0.680. The van der Waals surface area contributed by atoms with Crippen molar-refractivity contribution in [2.24, 2.45) is 11.1 Å². The van der Waals surface area contributed by atoms with Gasteiger partial charge in [0.15, 0.2) is 0 Å². The summed E-state index contributed by atoms with van der Waals surface area (Å²) in [5.74, 6) is 0.112. The lowest BCUT2D eigenvalue weighted by Gasteiger charge is -2.44. The Morgan fingerprint density at radius 1 is 1.56 bits per heavy atom. The number of rotatable bonds is 2. The molecule has 16 heavy (non-hydrogen) atoms. The minimum absolute atomic E-state index is 0.112. The van der Waals surface area contributed by atoms with Crippen LogP contribution in [-0.2, 0) is 9.53 Å². The zero-order chi connectivity index (χ0) is 11.8. The van der Waals surface area contributed by atoms with Crippen LogP contribution in [0, 0.1) is 5.41 Å². The average Bonchev–Trinajstić information content (AvgIpc) is 2.15. The number of nitrogens with two attached hydrogens (primary N) is 1. The van der Waals surface area contributed by atoms with Crippen LogP contribution in [0.4, 0.5) is 0 Å². The van der Waals surface area contributed by atoms with Gasteiger partial charge in [0.25, 0.3) is 0 Å². The lowest BCUT2D eigenvalue weighted by atomic mass is 9.67. The maximum Gasteiger partial charge on any atom is 0.235 e. The van der Waals surface area contributed by atoms with Crippen LogP contribution in [0.15, 0.2) is 0 Å². The second-order valence-electron chi connectivity index (χ2n) is 4.73. The molecule has 1 unspecified atom stereocenters. The van der Waals surface area contributed by atoms with Crippen molar-refractivity contribution >= 4 is 23.1 Å². The van der Waals surface area contributed by atoms with Gasteiger partial charge in [0.1, 0.15) is 0 Å². The third-order valence-electron chi connectivity index (χ3n) is 3.62. The first-order valence-electron chi connectivity index (χ1n) is 5.77. The number of carbonyl (C=O) groups is 1. The van der Waals surface area contributed by atoms with Gasteiger partial charge in [0, 0.05) is 13.1 Å². The summed E-state index contributed by atoms with van der Waals surface area (Å²) in [5, 5.41) is 0. The maximum absolute atomic E-state index is 12.4. The summed E-state index contributed by atoms with van der Waals surface area (Å²) < 4.78 is 5.43. The highest BCUT2D eigenvalue weighted by molar-refractivity contribution is 7.80. The molecule has 5 heteroatoms. The first-order chi connectivity index (χ1) is 7.56. The summed E-state index contributed by atoms with van der Waals surface area (Å²) in [6.45, 7) is 3.91. The van der Waals surface area contributed by atoms with E-state index in [4.69, 9.17) is 22.7 Å². The molecule has 2 fully saturated rings. The van der Waals surface area contributed by atoms with Crippen molar-refractivity contribution in [2.45, 2.75) is 32.3 Å². The van der Waals surface area contributed by atoms with E-state index in [-0.39, 0.29) is 12.0 Å². The molecule has 0 radical (unpaired) electrons. The Kier molecular flexibility index (Phi) is 3.17. The average molecular weight is 242 g/mol. The molecule has 1 atom stereocenters. The summed E-state index contributed by atoms with van der Waals surface area (Å²) in [7, 11) is 0. The molecule has 2 N–H and O–H groups in total. The topological polar surface area (TPSA) is 55.6 Å². The van der Waals surface area contributed by atoms with Crippen molar-refractivity contribution in [3.63, 3.8) is 0 Å². The number of carbonyl (C=O) groups excluding carboxylic acids is 1. The van der Waals surface area contributed by atoms with Gasteiger partial charge in [-0.05, 0) is 19.8 Å². The Balaban J connectivity index is 2.08. The standard InChI is InChI=1S/C11H18N2O2S/c1-8-7-13(5-6-15-8)10(14)11(9(12)16)3-2-4-11/h8H,2-7H2,1H3,(H2,12,16). The minimum Gasteiger partial charge on any atom is -0.392 e. The molecule has 1 aliphatic heterocycles. The SMILES string of the molecule is CC1CN(C(=O)C2(C(N)=S)CCC2)CCO1. The molecule has 90 valence electrons. The molecule has 1 heterocycles. The van der Waals surface area contributed by atoms with E-state index >= 15 is 0 Å². The Morgan fingerprint density at radius 2 is 2.25 bits per heavy atom. The van der Waals surface area contributed by atoms with Gasteiger partial charge in [-0.2, -0.15) is 0 Å². The number of hydrogen-bond acceptors (Lipinski definition) is 3. The van der Waals surface area contributed by atoms with Crippen LogP contribution in [0.5, 0.6) is 0 Å². The molecule has 2 aliphatic rings. The summed E-state index contributed by atoms with van der Waals surface area (Å²) in [4.78, 5) is 14.6. The first kappa shape index (κ1) is 11.8. The second kappa shape index (κ2) is 4.30. The number of ether oxygens (including phenoxy) is 1. The molecule has 0 bridgehead atoms. The molecule has 0 aromatic rings. The Labute approximate surface area is 101 Å². The molecular weight excluding hydrogens is 224 g/mol. The van der Waals surface area contributed by atoms with Crippen LogP contribution in [0.3, 0.4) is 0 Å². The largest absolute Gasteiger partial charge is 0.392 e. The van der Waals surface area contributed by atoms with Crippen molar-refractivity contribution in [1.82, 2.24) is 4.90 Å². The van der Waals surface area contributed by atoms with Crippen molar-refractivity contribution in [1.29, 1.82) is 0 Å². The Bertz CT molecular complexity index is 315. The molecule has 2 rings (SSSR count). The zero-order valence-corrected chi connectivity index (χ0v) is 10.4. The number of morpholine rings is 1. The third kappa shape index (κ3) is 1.82. The highest BCUT2D eigenvalue weighted by Gasteiger charge is 2.49. The van der Waals surface area contributed by atoms with E-state index in [1.165, 1.54) is 0 Å². The number of amides is 1. The highest BCUT2D eigenvalue weighted by Crippen LogP contribution is 2.43. The van der Waals surface area contributed by atoms with Gasteiger partial charge in [0.2, 0.25) is 5.91 Å².